The second kappa shape index (κ2) is 5.33. The van der Waals surface area contributed by atoms with Crippen molar-refractivity contribution in [3.63, 3.8) is 0 Å². The lowest BCUT2D eigenvalue weighted by Gasteiger charge is -2.21. The minimum atomic E-state index is -0.948. The molecule has 1 aromatic carbocycles. The summed E-state index contributed by atoms with van der Waals surface area (Å²) >= 11 is 0. The predicted octanol–water partition coefficient (Wildman–Crippen LogP) is 1.49. The van der Waals surface area contributed by atoms with Gasteiger partial charge in [0.25, 0.3) is 0 Å². The number of benzene rings is 1. The monoisotopic (exact) mass is 242 g/mol. The highest BCUT2D eigenvalue weighted by Crippen LogP contribution is 2.12. The first-order valence-electron chi connectivity index (χ1n) is 5.33. The van der Waals surface area contributed by atoms with Crippen molar-refractivity contribution in [3.8, 4) is 0 Å². The molecule has 5 heteroatoms. The van der Waals surface area contributed by atoms with Crippen molar-refractivity contribution < 1.29 is 23.0 Å². The minimum absolute atomic E-state index is 0.0191. The van der Waals surface area contributed by atoms with Crippen LogP contribution in [0.5, 0.6) is 0 Å². The number of carbonyl (C=O) groups excluding carboxylic acids is 1. The third kappa shape index (κ3) is 3.08. The lowest BCUT2D eigenvalue weighted by atomic mass is 10.1. The van der Waals surface area contributed by atoms with E-state index in [0.29, 0.717) is 18.8 Å². The molecule has 0 bridgehead atoms. The fraction of sp³-hybridized carbons (Fsp3) is 0.417. The Morgan fingerprint density at radius 3 is 2.76 bits per heavy atom. The van der Waals surface area contributed by atoms with Crippen molar-refractivity contribution >= 4 is 5.78 Å². The summed E-state index contributed by atoms with van der Waals surface area (Å²) in [6.45, 7) is 1.09. The van der Waals surface area contributed by atoms with E-state index in [1.54, 1.807) is 0 Å². The Balaban J connectivity index is 1.99. The van der Waals surface area contributed by atoms with Crippen LogP contribution in [0.2, 0.25) is 0 Å². The quantitative estimate of drug-likeness (QED) is 0.805. The number of ketones is 1. The number of Topliss-reactive ketones (excluding diaryl/α,β-unsaturated/α-hetero) is 1. The molecular weight excluding hydrogens is 230 g/mol. The van der Waals surface area contributed by atoms with E-state index in [1.165, 1.54) is 6.07 Å². The van der Waals surface area contributed by atoms with Crippen LogP contribution in [0.15, 0.2) is 18.2 Å². The number of ether oxygens (including phenoxy) is 2. The zero-order chi connectivity index (χ0) is 12.3. The van der Waals surface area contributed by atoms with Gasteiger partial charge in [0.05, 0.1) is 19.8 Å². The van der Waals surface area contributed by atoms with Crippen molar-refractivity contribution in [2.75, 3.05) is 19.8 Å². The summed E-state index contributed by atoms with van der Waals surface area (Å²) in [5.41, 5.74) is 0.433. The molecule has 1 aliphatic heterocycles. The van der Waals surface area contributed by atoms with Crippen molar-refractivity contribution in [2.24, 2.45) is 0 Å². The Bertz CT molecular complexity index is 414. The maximum Gasteiger partial charge on any atom is 0.168 e. The van der Waals surface area contributed by atoms with Crippen LogP contribution in [0.4, 0.5) is 8.78 Å². The highest BCUT2D eigenvalue weighted by Gasteiger charge is 2.22. The number of rotatable bonds is 3. The zero-order valence-corrected chi connectivity index (χ0v) is 9.12. The Morgan fingerprint density at radius 1 is 1.29 bits per heavy atom. The van der Waals surface area contributed by atoms with E-state index in [-0.39, 0.29) is 18.8 Å². The van der Waals surface area contributed by atoms with Gasteiger partial charge in [-0.25, -0.2) is 8.78 Å². The molecule has 0 N–H and O–H groups in total. The first-order valence-corrected chi connectivity index (χ1v) is 5.33. The third-order valence-electron chi connectivity index (χ3n) is 2.54. The minimum Gasteiger partial charge on any atom is -0.376 e. The molecule has 1 aromatic rings. The smallest absolute Gasteiger partial charge is 0.168 e. The summed E-state index contributed by atoms with van der Waals surface area (Å²) in [4.78, 5) is 11.7. The first kappa shape index (κ1) is 12.1. The molecular formula is C12H12F2O3. The van der Waals surface area contributed by atoms with E-state index in [1.807, 2.05) is 0 Å². The van der Waals surface area contributed by atoms with Crippen molar-refractivity contribution in [1.82, 2.24) is 0 Å². The van der Waals surface area contributed by atoms with Crippen LogP contribution in [0.25, 0.3) is 0 Å². The molecule has 1 atom stereocenters. The van der Waals surface area contributed by atoms with Gasteiger partial charge in [0.15, 0.2) is 17.4 Å². The molecule has 1 fully saturated rings. The SMILES string of the molecule is O=C(Cc1ccc(F)c(F)c1)C1COCCO1. The lowest BCUT2D eigenvalue weighted by Crippen LogP contribution is -2.36. The fourth-order valence-corrected chi connectivity index (χ4v) is 1.64. The molecule has 0 spiro atoms. The second-order valence-corrected chi connectivity index (χ2v) is 3.83. The van der Waals surface area contributed by atoms with Gasteiger partial charge in [-0.2, -0.15) is 0 Å². The zero-order valence-electron chi connectivity index (χ0n) is 9.12. The van der Waals surface area contributed by atoms with E-state index in [2.05, 4.69) is 0 Å². The summed E-state index contributed by atoms with van der Waals surface area (Å²) in [6.07, 6.45) is -0.581. The lowest BCUT2D eigenvalue weighted by molar-refractivity contribution is -0.144. The molecule has 0 aromatic heterocycles. The van der Waals surface area contributed by atoms with Crippen LogP contribution in [-0.2, 0) is 20.7 Å². The Hall–Kier alpha value is -1.33. The van der Waals surface area contributed by atoms with Gasteiger partial charge in [0.2, 0.25) is 0 Å². The van der Waals surface area contributed by atoms with E-state index in [4.69, 9.17) is 9.47 Å². The van der Waals surface area contributed by atoms with Crippen molar-refractivity contribution in [1.29, 1.82) is 0 Å². The Labute approximate surface area is 97.3 Å². The number of halogens is 2. The van der Waals surface area contributed by atoms with E-state index < -0.39 is 17.7 Å². The summed E-state index contributed by atoms with van der Waals surface area (Å²) in [7, 11) is 0. The number of hydrogen-bond donors (Lipinski definition) is 0. The van der Waals surface area contributed by atoms with Gasteiger partial charge in [-0.3, -0.25) is 4.79 Å². The van der Waals surface area contributed by atoms with Crippen molar-refractivity contribution in [2.45, 2.75) is 12.5 Å². The van der Waals surface area contributed by atoms with Gasteiger partial charge in [-0.1, -0.05) is 6.07 Å². The maximum absolute atomic E-state index is 12.9. The molecule has 2 rings (SSSR count). The van der Waals surface area contributed by atoms with Crippen LogP contribution in [0.3, 0.4) is 0 Å². The largest absolute Gasteiger partial charge is 0.376 e. The summed E-state index contributed by atoms with van der Waals surface area (Å²) in [5.74, 6) is -2.05. The molecule has 1 aliphatic rings. The topological polar surface area (TPSA) is 35.5 Å². The van der Waals surface area contributed by atoms with E-state index in [9.17, 15) is 13.6 Å². The molecule has 3 nitrogen and oxygen atoms in total. The van der Waals surface area contributed by atoms with E-state index in [0.717, 1.165) is 12.1 Å². The van der Waals surface area contributed by atoms with Gasteiger partial charge >= 0.3 is 0 Å². The molecule has 17 heavy (non-hydrogen) atoms. The molecule has 0 radical (unpaired) electrons. The highest BCUT2D eigenvalue weighted by atomic mass is 19.2. The van der Waals surface area contributed by atoms with Crippen molar-refractivity contribution in [3.05, 3.63) is 35.4 Å². The molecule has 1 saturated heterocycles. The normalized spacial score (nSPS) is 20.2. The Morgan fingerprint density at radius 2 is 2.12 bits per heavy atom. The van der Waals surface area contributed by atoms with Gasteiger partial charge in [-0.15, -0.1) is 0 Å². The second-order valence-electron chi connectivity index (χ2n) is 3.83. The van der Waals surface area contributed by atoms with Crippen LogP contribution in [0, 0.1) is 11.6 Å². The van der Waals surface area contributed by atoms with Crippen LogP contribution in [0.1, 0.15) is 5.56 Å². The summed E-state index contributed by atoms with van der Waals surface area (Å²) in [6, 6.07) is 3.42. The fourth-order valence-electron chi connectivity index (χ4n) is 1.64. The standard InChI is InChI=1S/C12H12F2O3/c13-9-2-1-8(5-10(9)14)6-11(15)12-7-16-3-4-17-12/h1-2,5,12H,3-4,6-7H2. The van der Waals surface area contributed by atoms with Crippen LogP contribution in [-0.4, -0.2) is 31.7 Å². The van der Waals surface area contributed by atoms with Crippen LogP contribution < -0.4 is 0 Å². The van der Waals surface area contributed by atoms with E-state index >= 15 is 0 Å². The third-order valence-corrected chi connectivity index (χ3v) is 2.54. The maximum atomic E-state index is 12.9. The average molecular weight is 242 g/mol. The van der Waals surface area contributed by atoms with Gasteiger partial charge in [0.1, 0.15) is 6.10 Å². The van der Waals surface area contributed by atoms with Gasteiger partial charge < -0.3 is 9.47 Å². The molecule has 0 saturated carbocycles. The van der Waals surface area contributed by atoms with Crippen LogP contribution >= 0.6 is 0 Å². The Kier molecular flexibility index (Phi) is 3.81. The predicted molar refractivity (Wildman–Crippen MR) is 55.6 cm³/mol. The molecule has 0 amide bonds. The summed E-state index contributed by atoms with van der Waals surface area (Å²) in [5, 5.41) is 0. The van der Waals surface area contributed by atoms with Gasteiger partial charge in [-0.05, 0) is 17.7 Å². The molecule has 1 unspecified atom stereocenters. The van der Waals surface area contributed by atoms with Gasteiger partial charge in [0, 0.05) is 6.42 Å². The number of hydrogen-bond acceptors (Lipinski definition) is 3. The highest BCUT2D eigenvalue weighted by molar-refractivity contribution is 5.85. The first-order chi connectivity index (χ1) is 8.16. The molecule has 1 heterocycles. The molecule has 92 valence electrons. The summed E-state index contributed by atoms with van der Waals surface area (Å²) < 4.78 is 35.9. The molecule has 0 aliphatic carbocycles. The number of carbonyl (C=O) groups is 1. The average Bonchev–Trinajstić information content (AvgIpc) is 2.35.